The van der Waals surface area contributed by atoms with Gasteiger partial charge >= 0.3 is 12.0 Å². The van der Waals surface area contributed by atoms with Gasteiger partial charge in [-0.15, -0.1) is 0 Å². The summed E-state index contributed by atoms with van der Waals surface area (Å²) in [4.78, 5) is 23.0. The van der Waals surface area contributed by atoms with Crippen molar-refractivity contribution < 1.29 is 14.7 Å². The van der Waals surface area contributed by atoms with Crippen LogP contribution in [-0.4, -0.2) is 29.7 Å². The molecule has 0 bridgehead atoms. The standard InChI is InChI=1S/C15H28N2O3/c1-10(2)11(13(18)19)9-16-14(20)17-12-7-5-6-8-15(12,3)4/h10-12H,5-9H2,1-4H3,(H,18,19)(H2,16,17,20). The summed E-state index contributed by atoms with van der Waals surface area (Å²) in [7, 11) is 0. The monoisotopic (exact) mass is 284 g/mol. The molecule has 1 rings (SSSR count). The highest BCUT2D eigenvalue weighted by molar-refractivity contribution is 5.76. The molecule has 3 N–H and O–H groups in total. The number of hydrogen-bond acceptors (Lipinski definition) is 2. The second-order valence-electron chi connectivity index (χ2n) is 6.83. The maximum absolute atomic E-state index is 11.9. The van der Waals surface area contributed by atoms with Crippen LogP contribution in [-0.2, 0) is 4.79 Å². The van der Waals surface area contributed by atoms with Crippen molar-refractivity contribution in [3.05, 3.63) is 0 Å². The summed E-state index contributed by atoms with van der Waals surface area (Å²) in [6.45, 7) is 8.22. The normalized spacial score (nSPS) is 23.1. The van der Waals surface area contributed by atoms with Crippen molar-refractivity contribution in [1.29, 1.82) is 0 Å². The molecule has 0 saturated heterocycles. The summed E-state index contributed by atoms with van der Waals surface area (Å²) in [5.74, 6) is -1.41. The molecule has 2 atom stereocenters. The largest absolute Gasteiger partial charge is 0.481 e. The van der Waals surface area contributed by atoms with E-state index in [0.717, 1.165) is 19.3 Å². The van der Waals surface area contributed by atoms with Gasteiger partial charge in [0.1, 0.15) is 0 Å². The maximum Gasteiger partial charge on any atom is 0.315 e. The van der Waals surface area contributed by atoms with Gasteiger partial charge in [-0.3, -0.25) is 4.79 Å². The zero-order chi connectivity index (χ0) is 15.3. The van der Waals surface area contributed by atoms with Gasteiger partial charge in [0.2, 0.25) is 0 Å². The van der Waals surface area contributed by atoms with Crippen LogP contribution in [0.3, 0.4) is 0 Å². The van der Waals surface area contributed by atoms with Crippen LogP contribution in [0.4, 0.5) is 4.79 Å². The van der Waals surface area contributed by atoms with Gasteiger partial charge in [-0.25, -0.2) is 4.79 Å². The van der Waals surface area contributed by atoms with Crippen molar-refractivity contribution in [3.8, 4) is 0 Å². The lowest BCUT2D eigenvalue weighted by Gasteiger charge is -2.39. The van der Waals surface area contributed by atoms with E-state index >= 15 is 0 Å². The van der Waals surface area contributed by atoms with Crippen molar-refractivity contribution in [3.63, 3.8) is 0 Å². The molecule has 0 heterocycles. The van der Waals surface area contributed by atoms with E-state index in [9.17, 15) is 9.59 Å². The minimum atomic E-state index is -0.863. The Balaban J connectivity index is 2.45. The molecule has 116 valence electrons. The Morgan fingerprint density at radius 1 is 1.30 bits per heavy atom. The number of carbonyl (C=O) groups excluding carboxylic acids is 1. The third-order valence-corrected chi connectivity index (χ3v) is 4.42. The molecular weight excluding hydrogens is 256 g/mol. The van der Waals surface area contributed by atoms with E-state index in [4.69, 9.17) is 5.11 Å². The Labute approximate surface area is 121 Å². The van der Waals surface area contributed by atoms with Crippen LogP contribution in [0.5, 0.6) is 0 Å². The molecule has 5 heteroatoms. The van der Waals surface area contributed by atoms with Gasteiger partial charge in [0, 0.05) is 12.6 Å². The molecule has 1 saturated carbocycles. The molecule has 0 aliphatic heterocycles. The summed E-state index contributed by atoms with van der Waals surface area (Å²) in [6.07, 6.45) is 4.45. The maximum atomic E-state index is 11.9. The second kappa shape index (κ2) is 6.95. The number of aliphatic carboxylic acids is 1. The first-order valence-corrected chi connectivity index (χ1v) is 7.51. The van der Waals surface area contributed by atoms with Crippen molar-refractivity contribution in [1.82, 2.24) is 10.6 Å². The summed E-state index contributed by atoms with van der Waals surface area (Å²) in [5.41, 5.74) is 0.111. The fourth-order valence-corrected chi connectivity index (χ4v) is 2.78. The second-order valence-corrected chi connectivity index (χ2v) is 6.83. The molecule has 0 spiro atoms. The molecular formula is C15H28N2O3. The number of carbonyl (C=O) groups is 2. The number of rotatable bonds is 5. The summed E-state index contributed by atoms with van der Waals surface area (Å²) < 4.78 is 0. The Kier molecular flexibility index (Phi) is 5.84. The fourth-order valence-electron chi connectivity index (χ4n) is 2.78. The molecule has 0 aromatic carbocycles. The van der Waals surface area contributed by atoms with Crippen LogP contribution in [0.15, 0.2) is 0 Å². The Morgan fingerprint density at radius 3 is 2.45 bits per heavy atom. The van der Waals surface area contributed by atoms with E-state index in [0.29, 0.717) is 0 Å². The predicted octanol–water partition coefficient (Wildman–Crippen LogP) is 2.61. The van der Waals surface area contributed by atoms with Gasteiger partial charge in [0.15, 0.2) is 0 Å². The van der Waals surface area contributed by atoms with E-state index in [1.807, 2.05) is 13.8 Å². The first kappa shape index (κ1) is 16.8. The molecule has 5 nitrogen and oxygen atoms in total. The highest BCUT2D eigenvalue weighted by atomic mass is 16.4. The summed E-state index contributed by atoms with van der Waals surface area (Å²) >= 11 is 0. The highest BCUT2D eigenvalue weighted by Crippen LogP contribution is 2.35. The number of amides is 2. The molecule has 0 aromatic rings. The Hall–Kier alpha value is -1.26. The zero-order valence-electron chi connectivity index (χ0n) is 13.0. The SMILES string of the molecule is CC(C)C(CNC(=O)NC1CCCCC1(C)C)C(=O)O. The minimum absolute atomic E-state index is 0.000999. The molecule has 2 amide bonds. The predicted molar refractivity (Wildman–Crippen MR) is 78.5 cm³/mol. The highest BCUT2D eigenvalue weighted by Gasteiger charge is 2.33. The lowest BCUT2D eigenvalue weighted by Crippen LogP contribution is -2.51. The van der Waals surface area contributed by atoms with Gasteiger partial charge in [-0.1, -0.05) is 40.5 Å². The van der Waals surface area contributed by atoms with Gasteiger partial charge in [0.05, 0.1) is 5.92 Å². The van der Waals surface area contributed by atoms with E-state index < -0.39 is 11.9 Å². The molecule has 1 aliphatic rings. The van der Waals surface area contributed by atoms with Gasteiger partial charge in [-0.2, -0.15) is 0 Å². The lowest BCUT2D eigenvalue weighted by molar-refractivity contribution is -0.142. The van der Waals surface area contributed by atoms with Crippen LogP contribution in [0, 0.1) is 17.3 Å². The van der Waals surface area contributed by atoms with E-state index in [2.05, 4.69) is 24.5 Å². The first-order chi connectivity index (χ1) is 9.24. The Morgan fingerprint density at radius 2 is 1.95 bits per heavy atom. The lowest BCUT2D eigenvalue weighted by atomic mass is 9.73. The van der Waals surface area contributed by atoms with Crippen molar-refractivity contribution in [2.75, 3.05) is 6.54 Å². The average molecular weight is 284 g/mol. The fraction of sp³-hybridized carbons (Fsp3) is 0.867. The minimum Gasteiger partial charge on any atom is -0.481 e. The van der Waals surface area contributed by atoms with E-state index in [1.54, 1.807) is 0 Å². The number of carboxylic acids is 1. The molecule has 1 aliphatic carbocycles. The Bertz CT molecular complexity index is 353. The van der Waals surface area contributed by atoms with Crippen LogP contribution in [0.2, 0.25) is 0 Å². The third kappa shape index (κ3) is 4.69. The van der Waals surface area contributed by atoms with Crippen molar-refractivity contribution >= 4 is 12.0 Å². The first-order valence-electron chi connectivity index (χ1n) is 7.51. The van der Waals surface area contributed by atoms with Gasteiger partial charge < -0.3 is 15.7 Å². The number of hydrogen-bond donors (Lipinski definition) is 3. The summed E-state index contributed by atoms with van der Waals surface area (Å²) in [6, 6.07) is -0.0875. The molecule has 0 radical (unpaired) electrons. The molecule has 1 fully saturated rings. The molecule has 2 unspecified atom stereocenters. The van der Waals surface area contributed by atoms with Crippen LogP contribution >= 0.6 is 0 Å². The topological polar surface area (TPSA) is 78.4 Å². The van der Waals surface area contributed by atoms with Crippen LogP contribution in [0.1, 0.15) is 53.4 Å². The van der Waals surface area contributed by atoms with Crippen molar-refractivity contribution in [2.45, 2.75) is 59.4 Å². The number of nitrogens with one attached hydrogen (secondary N) is 2. The van der Waals surface area contributed by atoms with Gasteiger partial charge in [-0.05, 0) is 24.2 Å². The average Bonchev–Trinajstić information content (AvgIpc) is 2.31. The summed E-state index contributed by atoms with van der Waals surface area (Å²) in [5, 5.41) is 14.8. The van der Waals surface area contributed by atoms with E-state index in [1.165, 1.54) is 6.42 Å². The van der Waals surface area contributed by atoms with Crippen LogP contribution in [0.25, 0.3) is 0 Å². The van der Waals surface area contributed by atoms with Gasteiger partial charge in [0.25, 0.3) is 0 Å². The molecule has 0 aromatic heterocycles. The van der Waals surface area contributed by atoms with Crippen LogP contribution < -0.4 is 10.6 Å². The smallest absolute Gasteiger partial charge is 0.315 e. The van der Waals surface area contributed by atoms with Crippen molar-refractivity contribution in [2.24, 2.45) is 17.3 Å². The molecule has 20 heavy (non-hydrogen) atoms. The zero-order valence-corrected chi connectivity index (χ0v) is 13.0. The third-order valence-electron chi connectivity index (χ3n) is 4.42. The number of carboxylic acid groups (broad SMARTS) is 1. The van der Waals surface area contributed by atoms with E-state index in [-0.39, 0.29) is 30.0 Å². The number of urea groups is 1. The quantitative estimate of drug-likeness (QED) is 0.726.